The van der Waals surface area contributed by atoms with E-state index in [9.17, 15) is 22.8 Å². The molecular weight excluding hydrogens is 487 g/mol. The van der Waals surface area contributed by atoms with Crippen LogP contribution >= 0.6 is 0 Å². The van der Waals surface area contributed by atoms with E-state index in [1.54, 1.807) is 47.2 Å². The molecule has 3 amide bonds. The van der Waals surface area contributed by atoms with E-state index in [0.717, 1.165) is 5.56 Å². The number of methoxy groups -OCH3 is 1. The highest BCUT2D eigenvalue weighted by Crippen LogP contribution is 2.31. The molecular formula is C27H26F3N3O4. The highest BCUT2D eigenvalue weighted by atomic mass is 19.4. The van der Waals surface area contributed by atoms with Crippen molar-refractivity contribution in [2.24, 2.45) is 0 Å². The van der Waals surface area contributed by atoms with Crippen molar-refractivity contribution >= 4 is 23.3 Å². The predicted molar refractivity (Wildman–Crippen MR) is 133 cm³/mol. The van der Waals surface area contributed by atoms with Crippen LogP contribution < -0.4 is 19.7 Å². The maximum absolute atomic E-state index is 13.4. The molecule has 1 aliphatic heterocycles. The molecule has 0 saturated carbocycles. The number of urea groups is 1. The quantitative estimate of drug-likeness (QED) is 0.422. The molecule has 7 nitrogen and oxygen atoms in total. The number of rotatable bonds is 7. The molecule has 0 unspecified atom stereocenters. The highest BCUT2D eigenvalue weighted by Gasteiger charge is 2.31. The molecule has 1 saturated heterocycles. The van der Waals surface area contributed by atoms with Crippen LogP contribution in [0.15, 0.2) is 66.7 Å². The first kappa shape index (κ1) is 25.9. The average molecular weight is 514 g/mol. The summed E-state index contributed by atoms with van der Waals surface area (Å²) in [6.45, 7) is 3.07. The standard InChI is InChI=1S/C27H26F3N3O4/c1-18-4-13-24(23(16-18)31-25(34)20-7-11-21(36-2)12-8-20)33-15-3-14-32(26(33)35)17-19-5-9-22(10-6-19)37-27(28,29)30/h4-13,16H,3,14-15,17H2,1-2H3,(H,31,34). The van der Waals surface area contributed by atoms with E-state index in [4.69, 9.17) is 4.74 Å². The minimum absolute atomic E-state index is 0.223. The Morgan fingerprint density at radius 2 is 1.65 bits per heavy atom. The maximum atomic E-state index is 13.4. The van der Waals surface area contributed by atoms with E-state index >= 15 is 0 Å². The van der Waals surface area contributed by atoms with Crippen molar-refractivity contribution in [3.05, 3.63) is 83.4 Å². The van der Waals surface area contributed by atoms with E-state index in [2.05, 4.69) is 10.1 Å². The Morgan fingerprint density at radius 1 is 0.973 bits per heavy atom. The molecule has 194 valence electrons. The maximum Gasteiger partial charge on any atom is 0.573 e. The molecule has 1 aliphatic rings. The van der Waals surface area contributed by atoms with Gasteiger partial charge in [-0.1, -0.05) is 18.2 Å². The summed E-state index contributed by atoms with van der Waals surface area (Å²) in [7, 11) is 1.55. The highest BCUT2D eigenvalue weighted by molar-refractivity contribution is 6.07. The number of hydrogen-bond donors (Lipinski definition) is 1. The van der Waals surface area contributed by atoms with Gasteiger partial charge in [0.05, 0.1) is 18.5 Å². The lowest BCUT2D eigenvalue weighted by Gasteiger charge is -2.36. The minimum Gasteiger partial charge on any atom is -0.497 e. The van der Waals surface area contributed by atoms with Crippen molar-refractivity contribution in [3.8, 4) is 11.5 Å². The van der Waals surface area contributed by atoms with E-state index < -0.39 is 6.36 Å². The van der Waals surface area contributed by atoms with Crippen LogP contribution in [0.1, 0.15) is 27.9 Å². The monoisotopic (exact) mass is 513 g/mol. The van der Waals surface area contributed by atoms with E-state index in [-0.39, 0.29) is 24.2 Å². The van der Waals surface area contributed by atoms with Crippen molar-refractivity contribution < 1.29 is 32.2 Å². The summed E-state index contributed by atoms with van der Waals surface area (Å²) >= 11 is 0. The van der Waals surface area contributed by atoms with Gasteiger partial charge >= 0.3 is 12.4 Å². The lowest BCUT2D eigenvalue weighted by atomic mass is 10.1. The minimum atomic E-state index is -4.76. The summed E-state index contributed by atoms with van der Waals surface area (Å²) in [5.41, 5.74) is 3.09. The molecule has 3 aromatic carbocycles. The number of nitrogens with zero attached hydrogens (tertiary/aromatic N) is 2. The Balaban J connectivity index is 1.50. The van der Waals surface area contributed by atoms with Crippen LogP contribution in [-0.2, 0) is 6.54 Å². The number of hydrogen-bond acceptors (Lipinski definition) is 4. The molecule has 0 spiro atoms. The Morgan fingerprint density at radius 3 is 2.30 bits per heavy atom. The molecule has 0 aromatic heterocycles. The van der Waals surface area contributed by atoms with Gasteiger partial charge in [0, 0.05) is 25.2 Å². The smallest absolute Gasteiger partial charge is 0.497 e. The third kappa shape index (κ3) is 6.52. The molecule has 0 atom stereocenters. The molecule has 1 fully saturated rings. The summed E-state index contributed by atoms with van der Waals surface area (Å²) in [5, 5.41) is 2.91. The molecule has 4 rings (SSSR count). The average Bonchev–Trinajstić information content (AvgIpc) is 2.86. The Hall–Kier alpha value is -4.21. The Labute approximate surface area is 212 Å². The summed E-state index contributed by atoms with van der Waals surface area (Å²) in [6.07, 6.45) is -4.08. The van der Waals surface area contributed by atoms with Gasteiger partial charge < -0.3 is 19.7 Å². The zero-order valence-corrected chi connectivity index (χ0v) is 20.3. The van der Waals surface area contributed by atoms with Gasteiger partial charge in [0.1, 0.15) is 11.5 Å². The topological polar surface area (TPSA) is 71.1 Å². The number of amides is 3. The van der Waals surface area contributed by atoms with Gasteiger partial charge in [-0.15, -0.1) is 13.2 Å². The molecule has 1 N–H and O–H groups in total. The van der Waals surface area contributed by atoms with E-state index in [1.165, 1.54) is 24.3 Å². The SMILES string of the molecule is COc1ccc(C(=O)Nc2cc(C)ccc2N2CCCN(Cc3ccc(OC(F)(F)F)cc3)C2=O)cc1. The zero-order chi connectivity index (χ0) is 26.6. The van der Waals surface area contributed by atoms with Crippen molar-refractivity contribution in [1.82, 2.24) is 4.90 Å². The van der Waals surface area contributed by atoms with Gasteiger partial charge in [0.2, 0.25) is 0 Å². The summed E-state index contributed by atoms with van der Waals surface area (Å²) in [4.78, 5) is 29.5. The third-order valence-electron chi connectivity index (χ3n) is 5.88. The van der Waals surface area contributed by atoms with Crippen LogP contribution in [0.5, 0.6) is 11.5 Å². The zero-order valence-electron chi connectivity index (χ0n) is 20.3. The van der Waals surface area contributed by atoms with Gasteiger partial charge in [0.15, 0.2) is 0 Å². The van der Waals surface area contributed by atoms with Crippen molar-refractivity contribution in [2.45, 2.75) is 26.3 Å². The molecule has 10 heteroatoms. The number of benzene rings is 3. The fourth-order valence-corrected chi connectivity index (χ4v) is 4.09. The first-order valence-electron chi connectivity index (χ1n) is 11.6. The Bertz CT molecular complexity index is 1260. The van der Waals surface area contributed by atoms with Crippen LogP contribution in [0.25, 0.3) is 0 Å². The number of ether oxygens (including phenoxy) is 2. The summed E-state index contributed by atoms with van der Waals surface area (Å²) in [5.74, 6) is -0.00829. The molecule has 0 aliphatic carbocycles. The van der Waals surface area contributed by atoms with Crippen LogP contribution in [0.4, 0.5) is 29.3 Å². The van der Waals surface area contributed by atoms with Gasteiger partial charge in [-0.2, -0.15) is 0 Å². The first-order chi connectivity index (χ1) is 17.6. The third-order valence-corrected chi connectivity index (χ3v) is 5.88. The van der Waals surface area contributed by atoms with Crippen LogP contribution in [0.2, 0.25) is 0 Å². The van der Waals surface area contributed by atoms with Crippen LogP contribution in [0.3, 0.4) is 0 Å². The number of anilines is 2. The normalized spacial score (nSPS) is 13.9. The fraction of sp³-hybridized carbons (Fsp3) is 0.259. The summed E-state index contributed by atoms with van der Waals surface area (Å²) in [6, 6.07) is 17.4. The van der Waals surface area contributed by atoms with Crippen molar-refractivity contribution in [1.29, 1.82) is 0 Å². The molecule has 3 aromatic rings. The largest absolute Gasteiger partial charge is 0.573 e. The molecule has 0 radical (unpaired) electrons. The molecule has 37 heavy (non-hydrogen) atoms. The summed E-state index contributed by atoms with van der Waals surface area (Å²) < 4.78 is 46.3. The molecule has 1 heterocycles. The number of aryl methyl sites for hydroxylation is 1. The lowest BCUT2D eigenvalue weighted by molar-refractivity contribution is -0.274. The van der Waals surface area contributed by atoms with Crippen LogP contribution in [-0.4, -0.2) is 43.4 Å². The molecule has 0 bridgehead atoms. The van der Waals surface area contributed by atoms with Crippen molar-refractivity contribution in [3.63, 3.8) is 0 Å². The lowest BCUT2D eigenvalue weighted by Crippen LogP contribution is -2.49. The van der Waals surface area contributed by atoms with Crippen LogP contribution in [0, 0.1) is 6.92 Å². The van der Waals surface area contributed by atoms with Gasteiger partial charge in [-0.25, -0.2) is 4.79 Å². The van der Waals surface area contributed by atoms with Gasteiger partial charge in [-0.05, 0) is 73.0 Å². The second kappa shape index (κ2) is 10.8. The van der Waals surface area contributed by atoms with Gasteiger partial charge in [0.25, 0.3) is 5.91 Å². The van der Waals surface area contributed by atoms with E-state index in [1.807, 2.05) is 19.1 Å². The van der Waals surface area contributed by atoms with Gasteiger partial charge in [-0.3, -0.25) is 9.69 Å². The van der Waals surface area contributed by atoms with E-state index in [0.29, 0.717) is 47.8 Å². The fourth-order valence-electron chi connectivity index (χ4n) is 4.09. The second-order valence-corrected chi connectivity index (χ2v) is 8.60. The number of alkyl halides is 3. The first-order valence-corrected chi connectivity index (χ1v) is 11.6. The second-order valence-electron chi connectivity index (χ2n) is 8.60. The predicted octanol–water partition coefficient (Wildman–Crippen LogP) is 5.99. The number of carbonyl (C=O) groups is 2. The number of halogens is 3. The number of carbonyl (C=O) groups excluding carboxylic acids is 2. The van der Waals surface area contributed by atoms with Crippen molar-refractivity contribution in [2.75, 3.05) is 30.4 Å². The number of nitrogens with one attached hydrogen (secondary N) is 1. The Kier molecular flexibility index (Phi) is 7.56.